The Kier molecular flexibility index (Phi) is 9.51. The number of carbonyl (C=O) groups is 3. The third kappa shape index (κ3) is 6.64. The molecule has 2 aliphatic heterocycles. The standard InChI is InChI=1S/C32H40FN5O6S.ClH/c1-19-28(36-25-14-21(33)10-11-24(25)35-19)44-22-15-26-27(39)17-32(30(41)37-45(42,43)31(2)12-13-31)16-20(32)8-6-4-3-5-7-9-23(34)29(40)38(26)18-22;/h6,8,10-11,14,20,22-23,26H,3-5,7,9,12-13,15-18,34H2,1-2H3,(H,37,41);1H/b8-6-;/t20-,22-,23+,26+,32-;/m1./s1. The van der Waals surface area contributed by atoms with E-state index in [1.165, 1.54) is 23.1 Å². The summed E-state index contributed by atoms with van der Waals surface area (Å²) in [6.45, 7) is 3.39. The Balaban J connectivity index is 0.00000417. The van der Waals surface area contributed by atoms with E-state index in [-0.39, 0.29) is 55.3 Å². The molecular weight excluding hydrogens is 637 g/mol. The number of sulfonamides is 1. The van der Waals surface area contributed by atoms with Gasteiger partial charge in [0.1, 0.15) is 17.6 Å². The van der Waals surface area contributed by atoms with Crippen LogP contribution in [0.15, 0.2) is 30.4 Å². The van der Waals surface area contributed by atoms with Gasteiger partial charge in [0, 0.05) is 18.9 Å². The number of allylic oxidation sites excluding steroid dienone is 2. The molecule has 1 aromatic heterocycles. The van der Waals surface area contributed by atoms with Crippen LogP contribution < -0.4 is 15.2 Å². The summed E-state index contributed by atoms with van der Waals surface area (Å²) in [5.74, 6) is -1.96. The van der Waals surface area contributed by atoms with Crippen molar-refractivity contribution in [3.05, 3.63) is 41.9 Å². The normalized spacial score (nSPS) is 30.2. The summed E-state index contributed by atoms with van der Waals surface area (Å²) in [4.78, 5) is 51.7. The van der Waals surface area contributed by atoms with Crippen LogP contribution in [0.1, 0.15) is 76.8 Å². The number of carbonyl (C=O) groups excluding carboxylic acids is 3. The number of aryl methyl sites for hydroxylation is 1. The number of nitrogens with two attached hydrogens (primary N) is 1. The van der Waals surface area contributed by atoms with Gasteiger partial charge in [-0.2, -0.15) is 0 Å². The minimum Gasteiger partial charge on any atom is -0.471 e. The number of nitrogens with zero attached hydrogens (tertiary/aromatic N) is 3. The Morgan fingerprint density at radius 1 is 1.15 bits per heavy atom. The highest BCUT2D eigenvalue weighted by Crippen LogP contribution is 2.57. The first-order chi connectivity index (χ1) is 21.3. The molecule has 3 fully saturated rings. The number of hydrogen-bond acceptors (Lipinski definition) is 9. The molecule has 5 atom stereocenters. The Hall–Kier alpha value is -3.16. The van der Waals surface area contributed by atoms with E-state index in [1.54, 1.807) is 13.8 Å². The van der Waals surface area contributed by atoms with Crippen LogP contribution in [0.5, 0.6) is 5.88 Å². The number of nitrogens with one attached hydrogen (secondary N) is 1. The van der Waals surface area contributed by atoms with Crippen molar-refractivity contribution < 1.29 is 31.9 Å². The van der Waals surface area contributed by atoms with Crippen molar-refractivity contribution in [1.29, 1.82) is 0 Å². The van der Waals surface area contributed by atoms with Crippen molar-refractivity contribution >= 4 is 51.1 Å². The van der Waals surface area contributed by atoms with Crippen LogP contribution in [-0.4, -0.2) is 70.4 Å². The zero-order valence-electron chi connectivity index (χ0n) is 26.0. The Morgan fingerprint density at radius 3 is 2.65 bits per heavy atom. The number of rotatable bonds is 5. The Labute approximate surface area is 274 Å². The van der Waals surface area contributed by atoms with Crippen LogP contribution in [0, 0.1) is 24.1 Å². The maximum absolute atomic E-state index is 14.1. The smallest absolute Gasteiger partial charge is 0.240 e. The minimum absolute atomic E-state index is 0. The monoisotopic (exact) mass is 677 g/mol. The first kappa shape index (κ1) is 34.2. The summed E-state index contributed by atoms with van der Waals surface area (Å²) < 4.78 is 47.3. The maximum Gasteiger partial charge on any atom is 0.240 e. The van der Waals surface area contributed by atoms with Crippen molar-refractivity contribution in [3.63, 3.8) is 0 Å². The molecule has 6 rings (SSSR count). The van der Waals surface area contributed by atoms with Crippen LogP contribution in [0.4, 0.5) is 4.39 Å². The van der Waals surface area contributed by atoms with Crippen molar-refractivity contribution in [1.82, 2.24) is 19.6 Å². The van der Waals surface area contributed by atoms with Gasteiger partial charge in [-0.25, -0.2) is 22.8 Å². The summed E-state index contributed by atoms with van der Waals surface area (Å²) in [5, 5.41) is 0. The number of aromatic nitrogens is 2. The van der Waals surface area contributed by atoms with E-state index in [4.69, 9.17) is 10.5 Å². The number of halogens is 2. The predicted octanol–water partition coefficient (Wildman–Crippen LogP) is 3.66. The average molecular weight is 678 g/mol. The van der Waals surface area contributed by atoms with E-state index in [9.17, 15) is 27.2 Å². The molecule has 2 amide bonds. The van der Waals surface area contributed by atoms with Gasteiger partial charge in [-0.3, -0.25) is 19.1 Å². The van der Waals surface area contributed by atoms with Crippen LogP contribution in [0.3, 0.4) is 0 Å². The topological polar surface area (TPSA) is 162 Å². The Bertz CT molecular complexity index is 1680. The minimum atomic E-state index is -3.90. The second-order valence-electron chi connectivity index (χ2n) is 13.4. The molecule has 14 heteroatoms. The number of benzene rings is 1. The first-order valence-corrected chi connectivity index (χ1v) is 17.2. The second-order valence-corrected chi connectivity index (χ2v) is 15.6. The molecule has 2 saturated carbocycles. The molecule has 2 aliphatic carbocycles. The zero-order valence-corrected chi connectivity index (χ0v) is 27.7. The lowest BCUT2D eigenvalue weighted by atomic mass is 9.91. The van der Waals surface area contributed by atoms with Crippen LogP contribution in [-0.2, 0) is 24.4 Å². The maximum atomic E-state index is 14.1. The molecule has 3 N–H and O–H groups in total. The number of ether oxygens (including phenoxy) is 1. The molecule has 0 bridgehead atoms. The summed E-state index contributed by atoms with van der Waals surface area (Å²) in [5.41, 5.74) is 6.42. The van der Waals surface area contributed by atoms with Gasteiger partial charge in [-0.15, -0.1) is 12.4 Å². The highest BCUT2D eigenvalue weighted by molar-refractivity contribution is 7.91. The van der Waals surface area contributed by atoms with Gasteiger partial charge in [0.05, 0.1) is 39.8 Å². The molecule has 46 heavy (non-hydrogen) atoms. The summed E-state index contributed by atoms with van der Waals surface area (Å²) in [6.07, 6.45) is 8.24. The van der Waals surface area contributed by atoms with E-state index < -0.39 is 50.1 Å². The van der Waals surface area contributed by atoms with Crippen LogP contribution >= 0.6 is 12.4 Å². The van der Waals surface area contributed by atoms with Gasteiger partial charge in [0.15, 0.2) is 5.78 Å². The summed E-state index contributed by atoms with van der Waals surface area (Å²) in [6, 6.07) is 2.36. The molecule has 250 valence electrons. The predicted molar refractivity (Wildman–Crippen MR) is 171 cm³/mol. The van der Waals surface area contributed by atoms with E-state index in [0.717, 1.165) is 25.7 Å². The van der Waals surface area contributed by atoms with E-state index >= 15 is 0 Å². The van der Waals surface area contributed by atoms with E-state index in [2.05, 4.69) is 14.7 Å². The Morgan fingerprint density at radius 2 is 1.91 bits per heavy atom. The molecule has 0 unspecified atom stereocenters. The molecule has 3 heterocycles. The fourth-order valence-electron chi connectivity index (χ4n) is 6.55. The SMILES string of the molecule is Cc1nc2ccc(F)cc2nc1O[C@@H]1C[C@H]2C(=O)C[C@]3(C(=O)NS(=O)(=O)C4(C)CC4)C[C@H]3/C=C\CCCCC[C@H](N)C(=O)N2C1.Cl. The average Bonchev–Trinajstić information content (AvgIpc) is 3.86. The summed E-state index contributed by atoms with van der Waals surface area (Å²) in [7, 11) is -3.90. The molecule has 0 spiro atoms. The van der Waals surface area contributed by atoms with Crippen molar-refractivity contribution in [2.75, 3.05) is 6.54 Å². The van der Waals surface area contributed by atoms with Crippen LogP contribution in [0.2, 0.25) is 0 Å². The fourth-order valence-corrected chi connectivity index (χ4v) is 7.88. The van der Waals surface area contributed by atoms with E-state index in [1.807, 2.05) is 12.2 Å². The number of ketones is 1. The molecule has 1 saturated heterocycles. The second kappa shape index (κ2) is 12.8. The highest BCUT2D eigenvalue weighted by Gasteiger charge is 2.62. The lowest BCUT2D eigenvalue weighted by molar-refractivity contribution is -0.140. The van der Waals surface area contributed by atoms with Gasteiger partial charge in [0.25, 0.3) is 0 Å². The molecule has 2 aromatic rings. The number of Topliss-reactive ketones (excluding diaryl/α,β-unsaturated/α-hetero) is 1. The zero-order chi connectivity index (χ0) is 32.1. The molecule has 4 aliphatic rings. The molecular formula is C32H41ClFN5O6S. The summed E-state index contributed by atoms with van der Waals surface area (Å²) >= 11 is 0. The van der Waals surface area contributed by atoms with Crippen molar-refractivity contribution in [3.8, 4) is 5.88 Å². The van der Waals surface area contributed by atoms with Crippen molar-refractivity contribution in [2.24, 2.45) is 17.1 Å². The van der Waals surface area contributed by atoms with E-state index in [0.29, 0.717) is 42.4 Å². The largest absolute Gasteiger partial charge is 0.471 e. The van der Waals surface area contributed by atoms with Gasteiger partial charge < -0.3 is 15.4 Å². The van der Waals surface area contributed by atoms with Gasteiger partial charge >= 0.3 is 0 Å². The number of fused-ring (bicyclic) bond motifs is 3. The highest BCUT2D eigenvalue weighted by atomic mass is 35.5. The third-order valence-corrected chi connectivity index (χ3v) is 12.1. The third-order valence-electron chi connectivity index (χ3n) is 9.93. The lowest BCUT2D eigenvalue weighted by Gasteiger charge is -2.27. The van der Waals surface area contributed by atoms with Crippen LogP contribution in [0.25, 0.3) is 11.0 Å². The van der Waals surface area contributed by atoms with Crippen molar-refractivity contribution in [2.45, 2.75) is 101 Å². The quantitative estimate of drug-likeness (QED) is 0.450. The molecule has 1 aromatic carbocycles. The molecule has 11 nitrogen and oxygen atoms in total. The molecule has 0 radical (unpaired) electrons. The van der Waals surface area contributed by atoms with Gasteiger partial charge in [-0.05, 0) is 70.4 Å². The number of hydrogen-bond donors (Lipinski definition) is 2. The fraction of sp³-hybridized carbons (Fsp3) is 0.594. The number of amides is 2. The first-order valence-electron chi connectivity index (χ1n) is 15.7. The van der Waals surface area contributed by atoms with Gasteiger partial charge in [-0.1, -0.05) is 25.0 Å². The lowest BCUT2D eigenvalue weighted by Crippen LogP contribution is -2.50. The van der Waals surface area contributed by atoms with Gasteiger partial charge in [0.2, 0.25) is 27.7 Å².